The monoisotopic (exact) mass is 423 g/mol. The van der Waals surface area contributed by atoms with Crippen molar-refractivity contribution in [3.8, 4) is 0 Å². The standard InChI is InChI=1S/C19H25N3O4S2/c1-14-8-10-16(11-9-14)28(24,25)13-17-20-21-19(22(17)2)27-12-18(23)26-15-6-4-3-5-7-15/h8-11,15H,3-7,12-13H2,1-2H3. The van der Waals surface area contributed by atoms with Crippen LogP contribution in [0.1, 0.15) is 43.5 Å². The van der Waals surface area contributed by atoms with E-state index in [1.165, 1.54) is 18.2 Å². The zero-order chi connectivity index (χ0) is 20.1. The van der Waals surface area contributed by atoms with Crippen LogP contribution in [0.3, 0.4) is 0 Å². The van der Waals surface area contributed by atoms with Crippen molar-refractivity contribution in [3.63, 3.8) is 0 Å². The first kappa shape index (κ1) is 20.9. The van der Waals surface area contributed by atoms with E-state index >= 15 is 0 Å². The van der Waals surface area contributed by atoms with E-state index in [1.54, 1.807) is 35.9 Å². The SMILES string of the molecule is Cc1ccc(S(=O)(=O)Cc2nnc(SCC(=O)OC3CCCCC3)n2C)cc1. The van der Waals surface area contributed by atoms with Crippen LogP contribution in [0.5, 0.6) is 0 Å². The molecule has 0 bridgehead atoms. The largest absolute Gasteiger partial charge is 0.462 e. The highest BCUT2D eigenvalue weighted by molar-refractivity contribution is 7.99. The van der Waals surface area contributed by atoms with Gasteiger partial charge in [-0.15, -0.1) is 10.2 Å². The van der Waals surface area contributed by atoms with E-state index < -0.39 is 9.84 Å². The van der Waals surface area contributed by atoms with Crippen molar-refractivity contribution >= 4 is 27.6 Å². The minimum atomic E-state index is -3.51. The fraction of sp³-hybridized carbons (Fsp3) is 0.526. The fourth-order valence-corrected chi connectivity index (χ4v) is 5.14. The van der Waals surface area contributed by atoms with E-state index in [4.69, 9.17) is 4.74 Å². The zero-order valence-electron chi connectivity index (χ0n) is 16.1. The molecular weight excluding hydrogens is 398 g/mol. The minimum Gasteiger partial charge on any atom is -0.462 e. The Morgan fingerprint density at radius 2 is 1.86 bits per heavy atom. The summed E-state index contributed by atoms with van der Waals surface area (Å²) in [6.07, 6.45) is 5.30. The van der Waals surface area contributed by atoms with Crippen molar-refractivity contribution < 1.29 is 17.9 Å². The van der Waals surface area contributed by atoms with Crippen LogP contribution in [0, 0.1) is 6.92 Å². The number of carbonyl (C=O) groups is 1. The highest BCUT2D eigenvalue weighted by Gasteiger charge is 2.22. The van der Waals surface area contributed by atoms with Crippen molar-refractivity contribution in [1.82, 2.24) is 14.8 Å². The number of esters is 1. The van der Waals surface area contributed by atoms with Crippen molar-refractivity contribution in [2.24, 2.45) is 7.05 Å². The first-order valence-electron chi connectivity index (χ1n) is 9.35. The molecular formula is C19H25N3O4S2. The summed E-state index contributed by atoms with van der Waals surface area (Å²) in [6, 6.07) is 6.72. The van der Waals surface area contributed by atoms with Gasteiger partial charge in [-0.05, 0) is 44.7 Å². The third-order valence-electron chi connectivity index (χ3n) is 4.79. The van der Waals surface area contributed by atoms with Crippen LogP contribution in [-0.2, 0) is 32.2 Å². The van der Waals surface area contributed by atoms with E-state index in [9.17, 15) is 13.2 Å². The van der Waals surface area contributed by atoms with Gasteiger partial charge in [-0.1, -0.05) is 35.9 Å². The average molecular weight is 424 g/mol. The third-order valence-corrected chi connectivity index (χ3v) is 7.42. The lowest BCUT2D eigenvalue weighted by Gasteiger charge is -2.21. The Morgan fingerprint density at radius 3 is 2.54 bits per heavy atom. The molecule has 1 aromatic carbocycles. The molecule has 1 aromatic heterocycles. The molecule has 1 saturated carbocycles. The van der Waals surface area contributed by atoms with Gasteiger partial charge in [0.2, 0.25) is 0 Å². The highest BCUT2D eigenvalue weighted by Crippen LogP contribution is 2.23. The second-order valence-corrected chi connectivity index (χ2v) is 10.0. The van der Waals surface area contributed by atoms with Crippen LogP contribution in [0.4, 0.5) is 0 Å². The molecule has 1 fully saturated rings. The fourth-order valence-electron chi connectivity index (χ4n) is 3.12. The molecule has 9 heteroatoms. The van der Waals surface area contributed by atoms with Gasteiger partial charge in [0.1, 0.15) is 17.7 Å². The summed E-state index contributed by atoms with van der Waals surface area (Å²) in [5.41, 5.74) is 0.997. The number of hydrogen-bond acceptors (Lipinski definition) is 7. The van der Waals surface area contributed by atoms with Gasteiger partial charge in [0.25, 0.3) is 0 Å². The maximum absolute atomic E-state index is 12.6. The van der Waals surface area contributed by atoms with Crippen molar-refractivity contribution in [2.75, 3.05) is 5.75 Å². The number of sulfone groups is 1. The number of rotatable bonds is 7. The predicted molar refractivity (Wildman–Crippen MR) is 107 cm³/mol. The summed E-state index contributed by atoms with van der Waals surface area (Å²) < 4.78 is 32.3. The molecule has 0 saturated heterocycles. The Morgan fingerprint density at radius 1 is 1.18 bits per heavy atom. The Bertz CT molecular complexity index is 917. The molecule has 3 rings (SSSR count). The van der Waals surface area contributed by atoms with Crippen LogP contribution in [0.2, 0.25) is 0 Å². The quantitative estimate of drug-likeness (QED) is 0.499. The summed E-state index contributed by atoms with van der Waals surface area (Å²) in [7, 11) is -1.81. The van der Waals surface area contributed by atoms with Gasteiger partial charge >= 0.3 is 5.97 Å². The normalized spacial score (nSPS) is 15.5. The summed E-state index contributed by atoms with van der Waals surface area (Å²) >= 11 is 1.21. The highest BCUT2D eigenvalue weighted by atomic mass is 32.2. The molecule has 0 amide bonds. The van der Waals surface area contributed by atoms with E-state index in [0.717, 1.165) is 31.2 Å². The molecule has 7 nitrogen and oxygen atoms in total. The van der Waals surface area contributed by atoms with Crippen molar-refractivity contribution in [1.29, 1.82) is 0 Å². The van der Waals surface area contributed by atoms with E-state index in [2.05, 4.69) is 10.2 Å². The van der Waals surface area contributed by atoms with Gasteiger partial charge in [0.15, 0.2) is 15.0 Å². The van der Waals surface area contributed by atoms with E-state index in [1.807, 2.05) is 6.92 Å². The van der Waals surface area contributed by atoms with Crippen molar-refractivity contribution in [2.45, 2.75) is 60.9 Å². The summed E-state index contributed by atoms with van der Waals surface area (Å²) in [4.78, 5) is 12.3. The number of aromatic nitrogens is 3. The lowest BCUT2D eigenvalue weighted by atomic mass is 9.98. The average Bonchev–Trinajstić information content (AvgIpc) is 3.00. The summed E-state index contributed by atoms with van der Waals surface area (Å²) in [6.45, 7) is 1.90. The maximum atomic E-state index is 12.6. The molecule has 152 valence electrons. The lowest BCUT2D eigenvalue weighted by molar-refractivity contribution is -0.147. The minimum absolute atomic E-state index is 0.0246. The number of ether oxygens (including phenoxy) is 1. The van der Waals surface area contributed by atoms with E-state index in [-0.39, 0.29) is 28.5 Å². The van der Waals surface area contributed by atoms with Crippen LogP contribution < -0.4 is 0 Å². The Labute approximate surface area is 169 Å². The van der Waals surface area contributed by atoms with Gasteiger partial charge in [-0.25, -0.2) is 8.42 Å². The van der Waals surface area contributed by atoms with Crippen LogP contribution >= 0.6 is 11.8 Å². The van der Waals surface area contributed by atoms with Gasteiger partial charge in [0, 0.05) is 7.05 Å². The number of benzene rings is 1. The van der Waals surface area contributed by atoms with Crippen LogP contribution in [0.25, 0.3) is 0 Å². The van der Waals surface area contributed by atoms with Gasteiger partial charge in [-0.2, -0.15) is 0 Å². The van der Waals surface area contributed by atoms with Gasteiger partial charge in [-0.3, -0.25) is 4.79 Å². The van der Waals surface area contributed by atoms with Crippen LogP contribution in [-0.4, -0.2) is 41.0 Å². The van der Waals surface area contributed by atoms with Gasteiger partial charge < -0.3 is 9.30 Å². The van der Waals surface area contributed by atoms with Crippen molar-refractivity contribution in [3.05, 3.63) is 35.7 Å². The van der Waals surface area contributed by atoms with Gasteiger partial charge in [0.05, 0.1) is 10.6 Å². The molecule has 0 spiro atoms. The zero-order valence-corrected chi connectivity index (χ0v) is 17.8. The first-order valence-corrected chi connectivity index (χ1v) is 12.0. The summed E-state index contributed by atoms with van der Waals surface area (Å²) in [5, 5.41) is 8.52. The maximum Gasteiger partial charge on any atom is 0.316 e. The molecule has 1 aliphatic rings. The molecule has 1 aliphatic carbocycles. The molecule has 0 unspecified atom stereocenters. The summed E-state index contributed by atoms with van der Waals surface area (Å²) in [5.74, 6) is -0.0442. The Kier molecular flexibility index (Phi) is 6.77. The second kappa shape index (κ2) is 9.09. The second-order valence-electron chi connectivity index (χ2n) is 7.07. The third kappa shape index (κ3) is 5.35. The number of carbonyl (C=O) groups excluding carboxylic acids is 1. The molecule has 2 aromatic rings. The topological polar surface area (TPSA) is 91.2 Å². The predicted octanol–water partition coefficient (Wildman–Crippen LogP) is 3.07. The number of nitrogens with zero attached hydrogens (tertiary/aromatic N) is 3. The number of aryl methyl sites for hydroxylation is 1. The van der Waals surface area contributed by atoms with E-state index in [0.29, 0.717) is 11.0 Å². The Balaban J connectivity index is 1.58. The first-order chi connectivity index (χ1) is 13.3. The number of thioether (sulfide) groups is 1. The molecule has 0 N–H and O–H groups in total. The molecule has 0 aliphatic heterocycles. The molecule has 0 atom stereocenters. The lowest BCUT2D eigenvalue weighted by Crippen LogP contribution is -2.22. The molecule has 0 radical (unpaired) electrons. The Hall–Kier alpha value is -1.87. The number of hydrogen-bond donors (Lipinski definition) is 0. The molecule has 28 heavy (non-hydrogen) atoms. The van der Waals surface area contributed by atoms with Crippen LogP contribution in [0.15, 0.2) is 34.3 Å². The molecule has 1 heterocycles. The smallest absolute Gasteiger partial charge is 0.316 e.